The molecule has 0 atom stereocenters. The highest BCUT2D eigenvalue weighted by Crippen LogP contribution is 2.35. The number of ether oxygens (including phenoxy) is 1. The van der Waals surface area contributed by atoms with Gasteiger partial charge in [-0.15, -0.1) is 13.2 Å². The van der Waals surface area contributed by atoms with Crippen LogP contribution < -0.4 is 4.74 Å². The molecule has 0 aliphatic carbocycles. The topological polar surface area (TPSA) is 33.0 Å². The van der Waals surface area contributed by atoms with Crippen LogP contribution in [0.3, 0.4) is 0 Å². The molecular weight excluding hydrogens is 267 g/mol. The maximum absolute atomic E-state index is 12.4. The van der Waals surface area contributed by atoms with Crippen molar-refractivity contribution in [1.29, 1.82) is 5.26 Å². The van der Waals surface area contributed by atoms with Crippen LogP contribution in [0.4, 0.5) is 13.2 Å². The van der Waals surface area contributed by atoms with E-state index in [1.165, 1.54) is 18.2 Å². The maximum Gasteiger partial charge on any atom is 0.573 e. The van der Waals surface area contributed by atoms with E-state index in [1.807, 2.05) is 6.07 Å². The molecule has 0 aliphatic heterocycles. The van der Waals surface area contributed by atoms with Crippen LogP contribution in [0.25, 0.3) is 11.1 Å². The van der Waals surface area contributed by atoms with Crippen molar-refractivity contribution in [3.63, 3.8) is 0 Å². The van der Waals surface area contributed by atoms with E-state index in [1.54, 1.807) is 30.3 Å². The van der Waals surface area contributed by atoms with E-state index >= 15 is 0 Å². The summed E-state index contributed by atoms with van der Waals surface area (Å²) in [7, 11) is 0. The van der Waals surface area contributed by atoms with Crippen molar-refractivity contribution in [2.75, 3.05) is 0 Å². The lowest BCUT2D eigenvalue weighted by Crippen LogP contribution is -2.17. The summed E-state index contributed by atoms with van der Waals surface area (Å²) >= 11 is 0. The second kappa shape index (κ2) is 5.66. The zero-order valence-electron chi connectivity index (χ0n) is 10.3. The maximum atomic E-state index is 12.4. The fourth-order valence-electron chi connectivity index (χ4n) is 1.93. The molecule has 0 aromatic heterocycles. The van der Waals surface area contributed by atoms with Crippen molar-refractivity contribution in [1.82, 2.24) is 0 Å². The van der Waals surface area contributed by atoms with Crippen LogP contribution in [-0.2, 0) is 6.42 Å². The summed E-state index contributed by atoms with van der Waals surface area (Å²) in [5.41, 5.74) is 1.54. The largest absolute Gasteiger partial charge is 0.573 e. The van der Waals surface area contributed by atoms with Gasteiger partial charge in [0.15, 0.2) is 0 Å². The van der Waals surface area contributed by atoms with E-state index in [0.717, 1.165) is 0 Å². The molecule has 0 heterocycles. The van der Waals surface area contributed by atoms with Crippen molar-refractivity contribution in [2.24, 2.45) is 0 Å². The Morgan fingerprint density at radius 3 is 2.20 bits per heavy atom. The molecule has 102 valence electrons. The van der Waals surface area contributed by atoms with Gasteiger partial charge in [-0.3, -0.25) is 0 Å². The number of rotatable bonds is 3. The Morgan fingerprint density at radius 2 is 1.55 bits per heavy atom. The molecule has 2 rings (SSSR count). The predicted molar refractivity (Wildman–Crippen MR) is 67.9 cm³/mol. The van der Waals surface area contributed by atoms with Gasteiger partial charge in [-0.1, -0.05) is 42.5 Å². The van der Waals surface area contributed by atoms with Gasteiger partial charge in [-0.05, 0) is 17.2 Å². The van der Waals surface area contributed by atoms with Crippen molar-refractivity contribution >= 4 is 0 Å². The summed E-state index contributed by atoms with van der Waals surface area (Å²) in [4.78, 5) is 0. The highest BCUT2D eigenvalue weighted by atomic mass is 19.4. The molecule has 0 fully saturated rings. The molecule has 5 heteroatoms. The van der Waals surface area contributed by atoms with Crippen molar-refractivity contribution in [3.8, 4) is 22.9 Å². The molecule has 0 N–H and O–H groups in total. The average molecular weight is 277 g/mol. The second-order valence-electron chi connectivity index (χ2n) is 4.04. The van der Waals surface area contributed by atoms with Gasteiger partial charge in [-0.25, -0.2) is 0 Å². The van der Waals surface area contributed by atoms with Gasteiger partial charge in [0.25, 0.3) is 0 Å². The SMILES string of the molecule is N#CCc1ccccc1-c1ccccc1OC(F)(F)F. The van der Waals surface area contributed by atoms with Gasteiger partial charge < -0.3 is 4.74 Å². The standard InChI is InChI=1S/C15H10F3NO/c16-15(17,18)20-14-8-4-3-7-13(14)12-6-2-1-5-11(12)9-10-19/h1-8H,9H2. The zero-order valence-corrected chi connectivity index (χ0v) is 10.3. The Morgan fingerprint density at radius 1 is 0.950 bits per heavy atom. The van der Waals surface area contributed by atoms with E-state index in [2.05, 4.69) is 4.74 Å². The quantitative estimate of drug-likeness (QED) is 0.837. The minimum absolute atomic E-state index is 0.122. The predicted octanol–water partition coefficient (Wildman–Crippen LogP) is 4.32. The first-order valence-electron chi connectivity index (χ1n) is 5.81. The smallest absolute Gasteiger partial charge is 0.405 e. The van der Waals surface area contributed by atoms with Crippen molar-refractivity contribution in [3.05, 3.63) is 54.1 Å². The van der Waals surface area contributed by atoms with Crippen LogP contribution in [0.15, 0.2) is 48.5 Å². The Kier molecular flexibility index (Phi) is 3.94. The van der Waals surface area contributed by atoms with Gasteiger partial charge in [0, 0.05) is 5.56 Å². The van der Waals surface area contributed by atoms with Crippen molar-refractivity contribution in [2.45, 2.75) is 12.8 Å². The van der Waals surface area contributed by atoms with Crippen LogP contribution in [-0.4, -0.2) is 6.36 Å². The lowest BCUT2D eigenvalue weighted by Gasteiger charge is -2.14. The summed E-state index contributed by atoms with van der Waals surface area (Å²) in [6.07, 6.45) is -4.63. The molecule has 0 saturated heterocycles. The monoisotopic (exact) mass is 277 g/mol. The summed E-state index contributed by atoms with van der Waals surface area (Å²) in [5, 5.41) is 8.79. The van der Waals surface area contributed by atoms with Gasteiger partial charge in [0.1, 0.15) is 5.75 Å². The Labute approximate surface area is 114 Å². The number of benzene rings is 2. The summed E-state index contributed by atoms with van der Waals surface area (Å²) in [6, 6.07) is 14.7. The first-order valence-corrected chi connectivity index (χ1v) is 5.81. The van der Waals surface area contributed by atoms with Crippen LogP contribution >= 0.6 is 0 Å². The van der Waals surface area contributed by atoms with E-state index in [4.69, 9.17) is 5.26 Å². The molecule has 0 radical (unpaired) electrons. The molecule has 2 nitrogen and oxygen atoms in total. The van der Waals surface area contributed by atoms with Crippen LogP contribution in [0.5, 0.6) is 5.75 Å². The fraction of sp³-hybridized carbons (Fsp3) is 0.133. The molecule has 0 unspecified atom stereocenters. The second-order valence-corrected chi connectivity index (χ2v) is 4.04. The van der Waals surface area contributed by atoms with Gasteiger partial charge >= 0.3 is 6.36 Å². The third kappa shape index (κ3) is 3.29. The molecule has 2 aromatic rings. The number of hydrogen-bond acceptors (Lipinski definition) is 2. The number of halogens is 3. The van der Waals surface area contributed by atoms with Gasteiger partial charge in [-0.2, -0.15) is 5.26 Å². The minimum Gasteiger partial charge on any atom is -0.405 e. The molecule has 0 bridgehead atoms. The minimum atomic E-state index is -4.75. The third-order valence-corrected chi connectivity index (χ3v) is 2.69. The highest BCUT2D eigenvalue weighted by Gasteiger charge is 2.32. The summed E-state index contributed by atoms with van der Waals surface area (Å²) in [6.45, 7) is 0. The number of nitrogens with zero attached hydrogens (tertiary/aromatic N) is 1. The fourth-order valence-corrected chi connectivity index (χ4v) is 1.93. The molecule has 0 amide bonds. The van der Waals surface area contributed by atoms with Crippen LogP contribution in [0.2, 0.25) is 0 Å². The molecule has 2 aromatic carbocycles. The Hall–Kier alpha value is -2.48. The average Bonchev–Trinajstić information content (AvgIpc) is 2.39. The van der Waals surface area contributed by atoms with E-state index < -0.39 is 6.36 Å². The number of hydrogen-bond donors (Lipinski definition) is 0. The molecule has 20 heavy (non-hydrogen) atoms. The number of alkyl halides is 3. The lowest BCUT2D eigenvalue weighted by atomic mass is 9.97. The molecule has 0 aliphatic rings. The van der Waals surface area contributed by atoms with Gasteiger partial charge in [0.2, 0.25) is 0 Å². The van der Waals surface area contributed by atoms with E-state index in [9.17, 15) is 13.2 Å². The Bertz CT molecular complexity index is 644. The number of nitriles is 1. The normalized spacial score (nSPS) is 10.9. The first-order chi connectivity index (χ1) is 9.51. The molecule has 0 spiro atoms. The Balaban J connectivity index is 2.51. The summed E-state index contributed by atoms with van der Waals surface area (Å²) in [5.74, 6) is -0.273. The molecule has 0 saturated carbocycles. The van der Waals surface area contributed by atoms with E-state index in [-0.39, 0.29) is 12.2 Å². The first kappa shape index (κ1) is 13.9. The van der Waals surface area contributed by atoms with E-state index in [0.29, 0.717) is 16.7 Å². The van der Waals surface area contributed by atoms with Crippen molar-refractivity contribution < 1.29 is 17.9 Å². The highest BCUT2D eigenvalue weighted by molar-refractivity contribution is 5.73. The summed E-state index contributed by atoms with van der Waals surface area (Å²) < 4.78 is 41.3. The molecular formula is C15H10F3NO. The van der Waals surface area contributed by atoms with Crippen LogP contribution in [0.1, 0.15) is 5.56 Å². The van der Waals surface area contributed by atoms with Gasteiger partial charge in [0.05, 0.1) is 12.5 Å². The van der Waals surface area contributed by atoms with Crippen LogP contribution in [0, 0.1) is 11.3 Å². The zero-order chi connectivity index (χ0) is 14.6. The lowest BCUT2D eigenvalue weighted by molar-refractivity contribution is -0.274. The third-order valence-electron chi connectivity index (χ3n) is 2.69. The number of para-hydroxylation sites is 1.